The lowest BCUT2D eigenvalue weighted by Crippen LogP contribution is -2.56. The summed E-state index contributed by atoms with van der Waals surface area (Å²) in [4.78, 5) is 14.1. The minimum atomic E-state index is -0.789. The fourth-order valence-electron chi connectivity index (χ4n) is 6.30. The van der Waals surface area contributed by atoms with Gasteiger partial charge in [0, 0.05) is 55.1 Å². The number of halogens is 1. The molecule has 3 N–H and O–H groups in total. The van der Waals surface area contributed by atoms with E-state index in [0.717, 1.165) is 42.5 Å². The molecular weight excluding hydrogens is 481 g/mol. The molecule has 3 saturated heterocycles. The Morgan fingerprint density at radius 2 is 1.63 bits per heavy atom. The van der Waals surface area contributed by atoms with Crippen molar-refractivity contribution in [3.63, 3.8) is 0 Å². The Labute approximate surface area is 220 Å². The monoisotopic (exact) mass is 513 g/mol. The second-order valence-corrected chi connectivity index (χ2v) is 11.7. The van der Waals surface area contributed by atoms with Gasteiger partial charge in [0.1, 0.15) is 17.1 Å². The Balaban J connectivity index is 1.39. The van der Waals surface area contributed by atoms with Crippen molar-refractivity contribution in [3.05, 3.63) is 54.3 Å². The van der Waals surface area contributed by atoms with Crippen LogP contribution in [-0.4, -0.2) is 64.0 Å². The minimum Gasteiger partial charge on any atom is -0.508 e. The van der Waals surface area contributed by atoms with Crippen molar-refractivity contribution >= 4 is 33.4 Å². The van der Waals surface area contributed by atoms with Gasteiger partial charge in [-0.3, -0.25) is 0 Å². The van der Waals surface area contributed by atoms with Crippen molar-refractivity contribution in [1.82, 2.24) is 15.3 Å². The van der Waals surface area contributed by atoms with E-state index in [2.05, 4.69) is 10.2 Å². The van der Waals surface area contributed by atoms with Crippen molar-refractivity contribution in [2.24, 2.45) is 5.92 Å². The second-order valence-electron chi connectivity index (χ2n) is 11.7. The zero-order chi connectivity index (χ0) is 26.2. The van der Waals surface area contributed by atoms with Crippen LogP contribution in [0.1, 0.15) is 26.7 Å². The number of benzene rings is 3. The first-order chi connectivity index (χ1) is 18.2. The van der Waals surface area contributed by atoms with Crippen LogP contribution in [0.5, 0.6) is 5.75 Å². The number of phenols is 1. The van der Waals surface area contributed by atoms with E-state index in [4.69, 9.17) is 9.97 Å². The molecule has 8 heteroatoms. The first-order valence-corrected chi connectivity index (χ1v) is 13.5. The molecule has 2 atom stereocenters. The fourth-order valence-corrected chi connectivity index (χ4v) is 6.30. The molecule has 3 aliphatic rings. The van der Waals surface area contributed by atoms with Crippen LogP contribution >= 0.6 is 0 Å². The topological polar surface area (TPSA) is 84.8 Å². The average Bonchev–Trinajstić information content (AvgIpc) is 3.19. The Hall–Kier alpha value is -3.49. The number of anilines is 2. The number of piperazine rings is 1. The second kappa shape index (κ2) is 8.51. The van der Waals surface area contributed by atoms with E-state index >= 15 is 4.39 Å². The van der Waals surface area contributed by atoms with Gasteiger partial charge in [-0.15, -0.1) is 0 Å². The number of aromatic nitrogens is 2. The lowest BCUT2D eigenvalue weighted by Gasteiger charge is -2.45. The third kappa shape index (κ3) is 3.85. The molecule has 38 heavy (non-hydrogen) atoms. The first-order valence-electron chi connectivity index (χ1n) is 13.5. The number of aromatic hydroxyl groups is 1. The highest BCUT2D eigenvalue weighted by atomic mass is 19.1. The summed E-state index contributed by atoms with van der Waals surface area (Å²) in [7, 11) is 0. The van der Waals surface area contributed by atoms with Crippen LogP contribution in [-0.2, 0) is 0 Å². The van der Waals surface area contributed by atoms with Crippen molar-refractivity contribution in [3.8, 4) is 16.9 Å². The number of nitrogens with zero attached hydrogens (tertiary/aromatic N) is 4. The summed E-state index contributed by atoms with van der Waals surface area (Å²) >= 11 is 0. The number of fused-ring (bicyclic) bond motifs is 4. The summed E-state index contributed by atoms with van der Waals surface area (Å²) in [5, 5.41) is 26.9. The summed E-state index contributed by atoms with van der Waals surface area (Å²) in [5.41, 5.74) is 0.530. The van der Waals surface area contributed by atoms with E-state index in [9.17, 15) is 10.2 Å². The maximum Gasteiger partial charge on any atom is 0.228 e. The number of aliphatic hydroxyl groups is 1. The van der Waals surface area contributed by atoms with E-state index in [1.807, 2.05) is 49.1 Å². The zero-order valence-corrected chi connectivity index (χ0v) is 21.7. The van der Waals surface area contributed by atoms with Gasteiger partial charge in [-0.1, -0.05) is 30.3 Å². The first kappa shape index (κ1) is 23.6. The van der Waals surface area contributed by atoms with Gasteiger partial charge in [0.05, 0.1) is 5.60 Å². The van der Waals surface area contributed by atoms with Crippen LogP contribution in [0, 0.1) is 11.7 Å². The number of phenolic OH excluding ortho intramolecular Hbond substituents is 1. The molecular formula is C30H32FN5O2. The smallest absolute Gasteiger partial charge is 0.228 e. The van der Waals surface area contributed by atoms with Crippen LogP contribution in [0.25, 0.3) is 32.8 Å². The highest BCUT2D eigenvalue weighted by Crippen LogP contribution is 2.40. The summed E-state index contributed by atoms with van der Waals surface area (Å²) in [6, 6.07) is 15.5. The standard InChI is InChI=1S/C30H32FN5O2/c1-30(2,38)18-13-36(14-18)29-33-27-24(28(34-29)35-15-19-7-8-20(16-35)32-19)10-9-23(26(27)31)25-12-21(37)11-17-5-3-4-6-22(17)25/h3-6,9-12,18-20,32,37-38H,7-8,13-16H2,1-2H3. The number of hydrogen-bond acceptors (Lipinski definition) is 7. The molecule has 1 aromatic heterocycles. The van der Waals surface area contributed by atoms with E-state index in [-0.39, 0.29) is 17.2 Å². The molecule has 3 aromatic carbocycles. The molecule has 4 heterocycles. The van der Waals surface area contributed by atoms with Gasteiger partial charge in [-0.2, -0.15) is 4.98 Å². The lowest BCUT2D eigenvalue weighted by molar-refractivity contribution is 0.00418. The van der Waals surface area contributed by atoms with Crippen molar-refractivity contribution < 1.29 is 14.6 Å². The number of rotatable bonds is 4. The lowest BCUT2D eigenvalue weighted by atomic mass is 9.85. The molecule has 0 radical (unpaired) electrons. The van der Waals surface area contributed by atoms with Crippen LogP contribution in [0.15, 0.2) is 48.5 Å². The van der Waals surface area contributed by atoms with Crippen LogP contribution in [0.4, 0.5) is 16.2 Å². The normalized spacial score (nSPS) is 21.9. The molecule has 0 amide bonds. The molecule has 196 valence electrons. The van der Waals surface area contributed by atoms with E-state index < -0.39 is 11.4 Å². The molecule has 0 saturated carbocycles. The van der Waals surface area contributed by atoms with E-state index in [0.29, 0.717) is 47.6 Å². The van der Waals surface area contributed by atoms with Crippen LogP contribution < -0.4 is 15.1 Å². The predicted octanol–water partition coefficient (Wildman–Crippen LogP) is 4.44. The van der Waals surface area contributed by atoms with Gasteiger partial charge < -0.3 is 25.3 Å². The summed E-state index contributed by atoms with van der Waals surface area (Å²) in [6.45, 7) is 6.55. The maximum atomic E-state index is 16.5. The molecule has 0 aliphatic carbocycles. The van der Waals surface area contributed by atoms with Crippen LogP contribution in [0.3, 0.4) is 0 Å². The molecule has 3 fully saturated rings. The summed E-state index contributed by atoms with van der Waals surface area (Å²) < 4.78 is 16.5. The van der Waals surface area contributed by atoms with Gasteiger partial charge in [-0.05, 0) is 61.2 Å². The molecule has 2 bridgehead atoms. The highest BCUT2D eigenvalue weighted by Gasteiger charge is 2.40. The predicted molar refractivity (Wildman–Crippen MR) is 148 cm³/mol. The SMILES string of the molecule is CC(C)(O)C1CN(c2nc(N3CC4CCC(C3)N4)c3ccc(-c4cc(O)cc5ccccc45)c(F)c3n2)C1. The quantitative estimate of drug-likeness (QED) is 0.372. The van der Waals surface area contributed by atoms with Crippen molar-refractivity contribution in [2.45, 2.75) is 44.4 Å². The minimum absolute atomic E-state index is 0.0943. The summed E-state index contributed by atoms with van der Waals surface area (Å²) in [5.74, 6) is 1.05. The van der Waals surface area contributed by atoms with Gasteiger partial charge in [0.25, 0.3) is 0 Å². The molecule has 2 unspecified atom stereocenters. The van der Waals surface area contributed by atoms with Gasteiger partial charge in [-0.25, -0.2) is 9.37 Å². The third-order valence-corrected chi connectivity index (χ3v) is 8.59. The Kier molecular flexibility index (Phi) is 5.29. The van der Waals surface area contributed by atoms with Gasteiger partial charge in [0.2, 0.25) is 5.95 Å². The molecule has 0 spiro atoms. The highest BCUT2D eigenvalue weighted by molar-refractivity contribution is 6.01. The van der Waals surface area contributed by atoms with Crippen molar-refractivity contribution in [2.75, 3.05) is 36.0 Å². The van der Waals surface area contributed by atoms with Gasteiger partial charge in [0.15, 0.2) is 5.82 Å². The number of hydrogen-bond donors (Lipinski definition) is 3. The largest absolute Gasteiger partial charge is 0.508 e. The summed E-state index contributed by atoms with van der Waals surface area (Å²) in [6.07, 6.45) is 2.28. The van der Waals surface area contributed by atoms with Crippen molar-refractivity contribution in [1.29, 1.82) is 0 Å². The van der Waals surface area contributed by atoms with E-state index in [1.165, 1.54) is 0 Å². The zero-order valence-electron chi connectivity index (χ0n) is 21.7. The molecule has 7 rings (SSSR count). The Bertz CT molecular complexity index is 1550. The third-order valence-electron chi connectivity index (χ3n) is 8.59. The Morgan fingerprint density at radius 3 is 2.37 bits per heavy atom. The fraction of sp³-hybridized carbons (Fsp3) is 0.400. The maximum absolute atomic E-state index is 16.5. The average molecular weight is 514 g/mol. The van der Waals surface area contributed by atoms with Gasteiger partial charge >= 0.3 is 0 Å². The Morgan fingerprint density at radius 1 is 0.895 bits per heavy atom. The molecule has 7 nitrogen and oxygen atoms in total. The molecule has 3 aliphatic heterocycles. The van der Waals surface area contributed by atoms with E-state index in [1.54, 1.807) is 18.2 Å². The molecule has 4 aromatic rings. The van der Waals surface area contributed by atoms with Crippen LogP contribution in [0.2, 0.25) is 0 Å². The number of nitrogens with one attached hydrogen (secondary N) is 1.